The molecular weight excluding hydrogens is 209 g/mol. The van der Waals surface area contributed by atoms with Gasteiger partial charge in [-0.05, 0) is 18.2 Å². The Hall–Kier alpha value is -1.39. The van der Waals surface area contributed by atoms with Crippen molar-refractivity contribution in [2.24, 2.45) is 0 Å². The number of hydrogen-bond acceptors (Lipinski definition) is 2. The van der Waals surface area contributed by atoms with Crippen molar-refractivity contribution in [2.75, 3.05) is 14.2 Å². The van der Waals surface area contributed by atoms with Gasteiger partial charge in [0.1, 0.15) is 5.82 Å². The second kappa shape index (κ2) is 4.63. The van der Waals surface area contributed by atoms with Crippen molar-refractivity contribution in [1.29, 1.82) is 0 Å². The van der Waals surface area contributed by atoms with Crippen molar-refractivity contribution in [3.8, 4) is 0 Å². The summed E-state index contributed by atoms with van der Waals surface area (Å²) < 4.78 is 25.6. The van der Waals surface area contributed by atoms with Crippen molar-refractivity contribution in [3.63, 3.8) is 0 Å². The van der Waals surface area contributed by atoms with Crippen LogP contribution in [0.2, 0.25) is 0 Å². The summed E-state index contributed by atoms with van der Waals surface area (Å²) in [6, 6.07) is 6.79. The molecule has 1 heterocycles. The molecule has 0 N–H and O–H groups in total. The third-order valence-electron chi connectivity index (χ3n) is 2.63. The number of fused-ring (bicyclic) bond motifs is 1. The highest BCUT2D eigenvalue weighted by atomic mass is 19.1. The van der Waals surface area contributed by atoms with Gasteiger partial charge in [0.2, 0.25) is 0 Å². The third kappa shape index (κ3) is 1.94. The second-order valence-corrected chi connectivity index (χ2v) is 3.54. The van der Waals surface area contributed by atoms with E-state index in [1.165, 1.54) is 6.07 Å². The second-order valence-electron chi connectivity index (χ2n) is 3.54. The first-order valence-corrected chi connectivity index (χ1v) is 5.05. The molecule has 0 radical (unpaired) electrons. The van der Waals surface area contributed by atoms with Gasteiger partial charge in [0, 0.05) is 25.8 Å². The molecule has 0 spiro atoms. The summed E-state index contributed by atoms with van der Waals surface area (Å²) in [6.07, 6.45) is 1.51. The summed E-state index contributed by atoms with van der Waals surface area (Å²) in [5.41, 5.74) is 0.846. The summed E-state index contributed by atoms with van der Waals surface area (Å²) in [5, 5.41) is 0.619. The van der Waals surface area contributed by atoms with Crippen LogP contribution in [0.15, 0.2) is 30.5 Å². The van der Waals surface area contributed by atoms with Crippen LogP contribution >= 0.6 is 0 Å². The molecular formula is C12H14FNO2. The highest BCUT2D eigenvalue weighted by Gasteiger charge is 2.10. The molecule has 0 saturated carbocycles. The Morgan fingerprint density at radius 2 is 2.00 bits per heavy atom. The molecule has 0 aliphatic rings. The van der Waals surface area contributed by atoms with Crippen LogP contribution < -0.4 is 0 Å². The topological polar surface area (TPSA) is 23.4 Å². The van der Waals surface area contributed by atoms with E-state index in [1.807, 2.05) is 16.8 Å². The van der Waals surface area contributed by atoms with Crippen LogP contribution in [0.25, 0.3) is 10.9 Å². The third-order valence-corrected chi connectivity index (χ3v) is 2.63. The van der Waals surface area contributed by atoms with Crippen LogP contribution in [0.3, 0.4) is 0 Å². The average Bonchev–Trinajstić information content (AvgIpc) is 2.71. The molecule has 0 aliphatic heterocycles. The zero-order valence-corrected chi connectivity index (χ0v) is 9.31. The summed E-state index contributed by atoms with van der Waals surface area (Å²) in [6.45, 7) is 0.542. The Bertz CT molecular complexity index is 477. The average molecular weight is 223 g/mol. The summed E-state index contributed by atoms with van der Waals surface area (Å²) >= 11 is 0. The van der Waals surface area contributed by atoms with Gasteiger partial charge in [-0.1, -0.05) is 6.07 Å². The van der Waals surface area contributed by atoms with E-state index in [4.69, 9.17) is 9.47 Å². The molecule has 0 saturated heterocycles. The summed E-state index contributed by atoms with van der Waals surface area (Å²) in [4.78, 5) is 0. The van der Waals surface area contributed by atoms with E-state index in [9.17, 15) is 4.39 Å². The van der Waals surface area contributed by atoms with Crippen molar-refractivity contribution < 1.29 is 13.9 Å². The predicted molar refractivity (Wildman–Crippen MR) is 59.7 cm³/mol. The van der Waals surface area contributed by atoms with Crippen molar-refractivity contribution in [2.45, 2.75) is 12.8 Å². The van der Waals surface area contributed by atoms with E-state index in [1.54, 1.807) is 26.4 Å². The van der Waals surface area contributed by atoms with Crippen LogP contribution in [0.5, 0.6) is 0 Å². The number of methoxy groups -OCH3 is 2. The van der Waals surface area contributed by atoms with Crippen LogP contribution in [0, 0.1) is 5.82 Å². The molecule has 3 nitrogen and oxygen atoms in total. The molecule has 2 aromatic rings. The molecule has 1 aromatic heterocycles. The van der Waals surface area contributed by atoms with Crippen molar-refractivity contribution in [1.82, 2.24) is 4.57 Å². The fourth-order valence-corrected chi connectivity index (χ4v) is 1.75. The number of benzene rings is 1. The number of nitrogens with zero attached hydrogens (tertiary/aromatic N) is 1. The Morgan fingerprint density at radius 3 is 2.69 bits per heavy atom. The highest BCUT2D eigenvalue weighted by Crippen LogP contribution is 2.19. The minimum atomic E-state index is -0.320. The first-order valence-electron chi connectivity index (χ1n) is 5.05. The molecule has 16 heavy (non-hydrogen) atoms. The van der Waals surface area contributed by atoms with Gasteiger partial charge in [-0.15, -0.1) is 0 Å². The molecule has 0 amide bonds. The Morgan fingerprint density at radius 1 is 1.25 bits per heavy atom. The smallest absolute Gasteiger partial charge is 0.174 e. The first kappa shape index (κ1) is 11.1. The van der Waals surface area contributed by atoms with E-state index in [0.29, 0.717) is 11.9 Å². The van der Waals surface area contributed by atoms with E-state index >= 15 is 0 Å². The van der Waals surface area contributed by atoms with E-state index < -0.39 is 0 Å². The monoisotopic (exact) mass is 223 g/mol. The molecule has 1 aromatic carbocycles. The molecule has 86 valence electrons. The van der Waals surface area contributed by atoms with Gasteiger partial charge >= 0.3 is 0 Å². The summed E-state index contributed by atoms with van der Waals surface area (Å²) in [7, 11) is 3.17. The van der Waals surface area contributed by atoms with Crippen molar-refractivity contribution >= 4 is 10.9 Å². The Labute approximate surface area is 93.4 Å². The van der Waals surface area contributed by atoms with Crippen LogP contribution in [-0.2, 0) is 16.0 Å². The minimum absolute atomic E-state index is 0.206. The van der Waals surface area contributed by atoms with Gasteiger partial charge in [-0.2, -0.15) is 0 Å². The fourth-order valence-electron chi connectivity index (χ4n) is 1.75. The number of aromatic nitrogens is 1. The zero-order valence-electron chi connectivity index (χ0n) is 9.31. The molecule has 0 atom stereocenters. The van der Waals surface area contributed by atoms with Crippen molar-refractivity contribution in [3.05, 3.63) is 36.3 Å². The van der Waals surface area contributed by atoms with E-state index in [0.717, 1.165) is 5.52 Å². The molecule has 0 aliphatic carbocycles. The zero-order chi connectivity index (χ0) is 11.5. The van der Waals surface area contributed by atoms with Crippen LogP contribution in [0.1, 0.15) is 0 Å². The number of rotatable bonds is 4. The highest BCUT2D eigenvalue weighted by molar-refractivity contribution is 5.80. The van der Waals surface area contributed by atoms with Gasteiger partial charge in [0.15, 0.2) is 6.29 Å². The fraction of sp³-hybridized carbons (Fsp3) is 0.333. The lowest BCUT2D eigenvalue weighted by Gasteiger charge is -2.14. The molecule has 2 rings (SSSR count). The van der Waals surface area contributed by atoms with E-state index in [-0.39, 0.29) is 12.1 Å². The molecule has 0 fully saturated rings. The lowest BCUT2D eigenvalue weighted by atomic mass is 10.2. The number of hydrogen-bond donors (Lipinski definition) is 0. The van der Waals surface area contributed by atoms with Gasteiger partial charge in [0.25, 0.3) is 0 Å². The summed E-state index contributed by atoms with van der Waals surface area (Å²) in [5.74, 6) is -0.206. The Balaban J connectivity index is 2.35. The maximum absolute atomic E-state index is 13.4. The first-order chi connectivity index (χ1) is 7.76. The van der Waals surface area contributed by atoms with Gasteiger partial charge in [0.05, 0.1) is 12.1 Å². The maximum atomic E-state index is 13.4. The maximum Gasteiger partial charge on any atom is 0.174 e. The molecule has 4 heteroatoms. The van der Waals surface area contributed by atoms with E-state index in [2.05, 4.69) is 0 Å². The Kier molecular flexibility index (Phi) is 3.22. The largest absolute Gasteiger partial charge is 0.354 e. The van der Waals surface area contributed by atoms with Gasteiger partial charge in [-0.25, -0.2) is 4.39 Å². The SMILES string of the molecule is COC(Cn1ccc2c(F)cccc21)OC. The lowest BCUT2D eigenvalue weighted by molar-refractivity contribution is -0.110. The molecule has 0 bridgehead atoms. The number of ether oxygens (including phenoxy) is 2. The lowest BCUT2D eigenvalue weighted by Crippen LogP contribution is -2.19. The minimum Gasteiger partial charge on any atom is -0.354 e. The standard InChI is InChI=1S/C12H14FNO2/c1-15-12(16-2)8-14-7-6-9-10(13)4-3-5-11(9)14/h3-7,12H,8H2,1-2H3. The normalized spacial score (nSPS) is 11.5. The predicted octanol–water partition coefficient (Wildman–Crippen LogP) is 2.40. The van der Waals surface area contributed by atoms with Gasteiger partial charge in [-0.3, -0.25) is 0 Å². The van der Waals surface area contributed by atoms with Crippen LogP contribution in [0.4, 0.5) is 4.39 Å². The number of halogens is 1. The molecule has 0 unspecified atom stereocenters. The van der Waals surface area contributed by atoms with Crippen LogP contribution in [-0.4, -0.2) is 25.1 Å². The quantitative estimate of drug-likeness (QED) is 0.743. The van der Waals surface area contributed by atoms with Gasteiger partial charge < -0.3 is 14.0 Å².